The van der Waals surface area contributed by atoms with Crippen LogP contribution in [0.1, 0.15) is 133 Å². The molecule has 38 heavy (non-hydrogen) atoms. The van der Waals surface area contributed by atoms with Crippen molar-refractivity contribution in [3.05, 3.63) is 47.3 Å². The van der Waals surface area contributed by atoms with Crippen LogP contribution in [0.3, 0.4) is 0 Å². The molecule has 0 bridgehead atoms. The third-order valence-electron chi connectivity index (χ3n) is 10.4. The average Bonchev–Trinajstić information content (AvgIpc) is 2.92. The highest BCUT2D eigenvalue weighted by atomic mass is 19.4. The molecule has 0 heterocycles. The summed E-state index contributed by atoms with van der Waals surface area (Å²) in [6.45, 7) is 2.30. The highest BCUT2D eigenvalue weighted by Gasteiger charge is 2.32. The molecule has 0 atom stereocenters. The molecule has 1 aromatic rings. The van der Waals surface area contributed by atoms with E-state index in [1.54, 1.807) is 0 Å². The summed E-state index contributed by atoms with van der Waals surface area (Å²) in [5, 5.41) is 0. The molecule has 3 fully saturated rings. The van der Waals surface area contributed by atoms with Crippen molar-refractivity contribution in [3.8, 4) is 0 Å². The Morgan fingerprint density at radius 1 is 0.737 bits per heavy atom. The summed E-state index contributed by atoms with van der Waals surface area (Å²) >= 11 is 0. The van der Waals surface area contributed by atoms with E-state index in [1.807, 2.05) is 0 Å². The second kappa shape index (κ2) is 14.4. The lowest BCUT2D eigenvalue weighted by Crippen LogP contribution is -2.26. The average molecular weight is 535 g/mol. The lowest BCUT2D eigenvalue weighted by atomic mass is 9.68. The molecule has 1 aromatic carbocycles. The first-order chi connectivity index (χ1) is 18.3. The van der Waals surface area contributed by atoms with Crippen molar-refractivity contribution in [1.82, 2.24) is 0 Å². The van der Waals surface area contributed by atoms with Crippen molar-refractivity contribution >= 4 is 0 Å². The van der Waals surface area contributed by atoms with Gasteiger partial charge in [-0.2, -0.15) is 13.2 Å². The fourth-order valence-electron chi connectivity index (χ4n) is 7.88. The zero-order valence-electron chi connectivity index (χ0n) is 23.6. The lowest BCUT2D eigenvalue weighted by molar-refractivity contribution is -0.0820. The summed E-state index contributed by atoms with van der Waals surface area (Å²) in [7, 11) is 0. The summed E-state index contributed by atoms with van der Waals surface area (Å²) in [6.07, 6.45) is 17.5. The molecule has 0 radical (unpaired) electrons. The monoisotopic (exact) mass is 534 g/mol. The number of alkyl halides is 3. The van der Waals surface area contributed by atoms with Crippen LogP contribution in [0.5, 0.6) is 0 Å². The van der Waals surface area contributed by atoms with Crippen LogP contribution in [0.4, 0.5) is 17.6 Å². The Kier molecular flexibility index (Phi) is 11.2. The molecule has 0 unspecified atom stereocenters. The van der Waals surface area contributed by atoms with Crippen LogP contribution in [-0.2, 0) is 6.42 Å². The van der Waals surface area contributed by atoms with Crippen LogP contribution in [0.15, 0.2) is 36.2 Å². The van der Waals surface area contributed by atoms with Crippen LogP contribution < -0.4 is 0 Å². The topological polar surface area (TPSA) is 0 Å². The zero-order chi connectivity index (χ0) is 27.0. The maximum Gasteiger partial charge on any atom is 0.412 e. The molecule has 4 rings (SSSR count). The van der Waals surface area contributed by atoms with Gasteiger partial charge in [-0.15, -0.1) is 0 Å². The minimum atomic E-state index is -4.57. The predicted octanol–water partition coefficient (Wildman–Crippen LogP) is 11.5. The van der Waals surface area contributed by atoms with E-state index in [-0.39, 0.29) is 6.08 Å². The number of rotatable bonds is 10. The number of halogens is 4. The summed E-state index contributed by atoms with van der Waals surface area (Å²) in [5.41, 5.74) is 2.65. The van der Waals surface area contributed by atoms with Crippen molar-refractivity contribution in [3.63, 3.8) is 0 Å². The van der Waals surface area contributed by atoms with Gasteiger partial charge in [0.1, 0.15) is 5.83 Å². The first-order valence-electron chi connectivity index (χ1n) is 15.8. The number of hydrogen-bond acceptors (Lipinski definition) is 0. The fraction of sp³-hybridized carbons (Fsp3) is 0.765. The largest absolute Gasteiger partial charge is 0.412 e. The van der Waals surface area contributed by atoms with Crippen molar-refractivity contribution < 1.29 is 17.6 Å². The summed E-state index contributed by atoms with van der Waals surface area (Å²) in [4.78, 5) is 0. The number of hydrogen-bond donors (Lipinski definition) is 0. The highest BCUT2D eigenvalue weighted by molar-refractivity contribution is 5.26. The van der Waals surface area contributed by atoms with E-state index in [1.165, 1.54) is 94.6 Å². The van der Waals surface area contributed by atoms with Gasteiger partial charge in [0.05, 0.1) is 6.08 Å². The lowest BCUT2D eigenvalue weighted by Gasteiger charge is -2.38. The summed E-state index contributed by atoms with van der Waals surface area (Å²) in [5.74, 6) is 2.62. The molecule has 0 N–H and O–H groups in total. The number of unbranched alkanes of at least 4 members (excludes halogenated alkanes) is 2. The Labute approximate surface area is 229 Å². The van der Waals surface area contributed by atoms with E-state index in [0.29, 0.717) is 18.8 Å². The van der Waals surface area contributed by atoms with E-state index in [9.17, 15) is 17.6 Å². The Morgan fingerprint density at radius 3 is 1.82 bits per heavy atom. The van der Waals surface area contributed by atoms with Crippen molar-refractivity contribution in [2.45, 2.75) is 135 Å². The second-order valence-corrected chi connectivity index (χ2v) is 13.0. The Balaban J connectivity index is 1.13. The molecular formula is C34H50F4. The Hall–Kier alpha value is -1.32. The Bertz CT molecular complexity index is 830. The van der Waals surface area contributed by atoms with Crippen LogP contribution in [0.25, 0.3) is 0 Å². The fourth-order valence-corrected chi connectivity index (χ4v) is 7.88. The molecular weight excluding hydrogens is 484 g/mol. The second-order valence-electron chi connectivity index (χ2n) is 13.0. The molecule has 3 aliphatic carbocycles. The number of benzene rings is 1. The molecule has 3 saturated carbocycles. The standard InChI is InChI=1S/C34H50F4/c1-2-3-4-5-25-8-14-28(15-9-25)29-16-10-26(11-17-29)6-7-27-12-18-30(19-13-27)31-20-22-32(23-21-31)33(35)24-34(36,37)38/h12-13,18-19,24-26,28-29,31-32H,2-11,14-17,20-23H2,1H3/b33-24-. The van der Waals surface area contributed by atoms with Gasteiger partial charge < -0.3 is 0 Å². The maximum atomic E-state index is 13.9. The molecule has 214 valence electrons. The molecule has 3 aliphatic rings. The van der Waals surface area contributed by atoms with Crippen LogP contribution in [0, 0.1) is 29.6 Å². The van der Waals surface area contributed by atoms with E-state index in [4.69, 9.17) is 0 Å². The molecule has 0 aromatic heterocycles. The van der Waals surface area contributed by atoms with E-state index >= 15 is 0 Å². The third-order valence-corrected chi connectivity index (χ3v) is 10.4. The molecule has 0 nitrogen and oxygen atoms in total. The minimum Gasteiger partial charge on any atom is -0.212 e. The normalized spacial score (nSPS) is 31.3. The quantitative estimate of drug-likeness (QED) is 0.207. The highest BCUT2D eigenvalue weighted by Crippen LogP contribution is 2.43. The predicted molar refractivity (Wildman–Crippen MR) is 150 cm³/mol. The minimum absolute atomic E-state index is 0.153. The van der Waals surface area contributed by atoms with Gasteiger partial charge in [0.25, 0.3) is 0 Å². The van der Waals surface area contributed by atoms with Gasteiger partial charge in [-0.1, -0.05) is 82.6 Å². The van der Waals surface area contributed by atoms with Gasteiger partial charge in [-0.3, -0.25) is 0 Å². The number of allylic oxidation sites excluding steroid dienone is 2. The van der Waals surface area contributed by atoms with Gasteiger partial charge >= 0.3 is 6.18 Å². The van der Waals surface area contributed by atoms with Crippen molar-refractivity contribution in [1.29, 1.82) is 0 Å². The molecule has 0 amide bonds. The van der Waals surface area contributed by atoms with Crippen molar-refractivity contribution in [2.75, 3.05) is 0 Å². The van der Waals surface area contributed by atoms with Gasteiger partial charge in [0, 0.05) is 5.92 Å². The van der Waals surface area contributed by atoms with E-state index in [2.05, 4.69) is 31.2 Å². The first-order valence-corrected chi connectivity index (χ1v) is 15.8. The molecule has 0 saturated heterocycles. The van der Waals surface area contributed by atoms with Gasteiger partial charge in [-0.05, 0) is 105 Å². The van der Waals surface area contributed by atoms with Gasteiger partial charge in [-0.25, -0.2) is 4.39 Å². The van der Waals surface area contributed by atoms with Crippen LogP contribution in [-0.4, -0.2) is 6.18 Å². The maximum absolute atomic E-state index is 13.9. The third kappa shape index (κ3) is 9.12. The summed E-state index contributed by atoms with van der Waals surface area (Å²) < 4.78 is 51.3. The number of aryl methyl sites for hydroxylation is 1. The van der Waals surface area contributed by atoms with E-state index in [0.717, 1.165) is 42.9 Å². The van der Waals surface area contributed by atoms with Crippen molar-refractivity contribution in [2.24, 2.45) is 29.6 Å². The molecule has 4 heteroatoms. The molecule has 0 aliphatic heterocycles. The molecule has 0 spiro atoms. The van der Waals surface area contributed by atoms with Crippen LogP contribution >= 0.6 is 0 Å². The van der Waals surface area contributed by atoms with Gasteiger partial charge in [0.15, 0.2) is 0 Å². The zero-order valence-corrected chi connectivity index (χ0v) is 23.6. The summed E-state index contributed by atoms with van der Waals surface area (Å²) in [6, 6.07) is 8.90. The SMILES string of the molecule is CCCCCC1CCC(C2CCC(CCc3ccc(C4CCC(/C(F)=C/C(F)(F)F)CC4)cc3)CC2)CC1. The van der Waals surface area contributed by atoms with E-state index < -0.39 is 17.9 Å². The first kappa shape index (κ1) is 29.7. The van der Waals surface area contributed by atoms with Gasteiger partial charge in [0.2, 0.25) is 0 Å². The smallest absolute Gasteiger partial charge is 0.212 e. The van der Waals surface area contributed by atoms with Crippen LogP contribution in [0.2, 0.25) is 0 Å². The Morgan fingerprint density at radius 2 is 1.29 bits per heavy atom.